The summed E-state index contributed by atoms with van der Waals surface area (Å²) in [7, 11) is 0. The average molecular weight is 348 g/mol. The molecule has 25 heavy (non-hydrogen) atoms. The summed E-state index contributed by atoms with van der Waals surface area (Å²) in [5.74, 6) is 0.665. The van der Waals surface area contributed by atoms with Crippen LogP contribution in [-0.2, 0) is 4.74 Å². The normalized spacial score (nSPS) is 18.8. The summed E-state index contributed by atoms with van der Waals surface area (Å²) in [6, 6.07) is 4.52. The maximum absolute atomic E-state index is 12.5. The molecule has 0 aromatic carbocycles. The number of nitrogens with zero attached hydrogens (tertiary/aromatic N) is 3. The van der Waals surface area contributed by atoms with E-state index in [1.165, 1.54) is 24.8 Å². The number of hydrogen-bond donors (Lipinski definition) is 0. The van der Waals surface area contributed by atoms with Crippen molar-refractivity contribution in [1.82, 2.24) is 9.88 Å². The van der Waals surface area contributed by atoms with Gasteiger partial charge in [0, 0.05) is 18.8 Å². The zero-order valence-electron chi connectivity index (χ0n) is 16.4. The number of anilines is 1. The zero-order valence-corrected chi connectivity index (χ0v) is 16.4. The fourth-order valence-electron chi connectivity index (χ4n) is 3.34. The number of rotatable bonds is 5. The lowest BCUT2D eigenvalue weighted by Gasteiger charge is -2.35. The largest absolute Gasteiger partial charge is 0.443 e. The van der Waals surface area contributed by atoms with Crippen molar-refractivity contribution in [3.8, 4) is 0 Å². The van der Waals surface area contributed by atoms with Crippen LogP contribution in [0.5, 0.6) is 0 Å². The molecule has 1 aromatic heterocycles. The lowest BCUT2D eigenvalue weighted by Crippen LogP contribution is -2.38. The first-order valence-electron chi connectivity index (χ1n) is 9.56. The third kappa shape index (κ3) is 5.43. The predicted octanol–water partition coefficient (Wildman–Crippen LogP) is 4.78. The summed E-state index contributed by atoms with van der Waals surface area (Å²) in [4.78, 5) is 21.2. The van der Waals surface area contributed by atoms with E-state index in [9.17, 15) is 4.79 Å². The highest BCUT2D eigenvalue weighted by molar-refractivity contribution is 5.86. The van der Waals surface area contributed by atoms with Crippen LogP contribution < -0.4 is 4.90 Å². The van der Waals surface area contributed by atoms with Gasteiger partial charge in [0.15, 0.2) is 0 Å². The highest BCUT2D eigenvalue weighted by Crippen LogP contribution is 2.31. The summed E-state index contributed by atoms with van der Waals surface area (Å²) in [6.45, 7) is 12.7. The van der Waals surface area contributed by atoms with E-state index in [0.717, 1.165) is 19.5 Å². The van der Waals surface area contributed by atoms with Gasteiger partial charge in [-0.2, -0.15) is 0 Å². The molecule has 0 N–H and O–H groups in total. The number of ether oxygens (including phenoxy) is 1. The van der Waals surface area contributed by atoms with Crippen LogP contribution in [0.25, 0.3) is 0 Å². The standard InChI is InChI=1S/C20H33N3O2/c1-6-13-23(19(24)25-20(3,4)5)18-12-11-16(15-21-18)17-10-8-9-14-22(17)7-2/h11-12,15,17H,6-10,13-14H2,1-5H3. The van der Waals surface area contributed by atoms with Crippen LogP contribution in [0.4, 0.5) is 10.6 Å². The molecule has 1 aliphatic heterocycles. The van der Waals surface area contributed by atoms with Crippen molar-refractivity contribution in [2.45, 2.75) is 71.9 Å². The van der Waals surface area contributed by atoms with E-state index in [-0.39, 0.29) is 6.09 Å². The van der Waals surface area contributed by atoms with Crippen molar-refractivity contribution >= 4 is 11.9 Å². The molecule has 1 unspecified atom stereocenters. The zero-order chi connectivity index (χ0) is 18.4. The molecule has 5 heteroatoms. The van der Waals surface area contributed by atoms with Crippen LogP contribution in [0, 0.1) is 0 Å². The first-order valence-corrected chi connectivity index (χ1v) is 9.56. The van der Waals surface area contributed by atoms with Gasteiger partial charge in [0.1, 0.15) is 11.4 Å². The second-order valence-electron chi connectivity index (χ2n) is 7.72. The molecule has 0 radical (unpaired) electrons. The average Bonchev–Trinajstić information content (AvgIpc) is 2.58. The first kappa shape index (κ1) is 19.7. The van der Waals surface area contributed by atoms with Crippen molar-refractivity contribution in [1.29, 1.82) is 0 Å². The van der Waals surface area contributed by atoms with Gasteiger partial charge in [0.25, 0.3) is 0 Å². The highest BCUT2D eigenvalue weighted by atomic mass is 16.6. The molecule has 5 nitrogen and oxygen atoms in total. The molecule has 0 aliphatic carbocycles. The summed E-state index contributed by atoms with van der Waals surface area (Å²) in [6.07, 6.45) is 6.18. The number of aromatic nitrogens is 1. The van der Waals surface area contributed by atoms with Gasteiger partial charge >= 0.3 is 6.09 Å². The van der Waals surface area contributed by atoms with Crippen molar-refractivity contribution in [2.24, 2.45) is 0 Å². The lowest BCUT2D eigenvalue weighted by molar-refractivity contribution is 0.0579. The van der Waals surface area contributed by atoms with Gasteiger partial charge in [-0.1, -0.05) is 26.3 Å². The van der Waals surface area contributed by atoms with Crippen LogP contribution in [0.1, 0.15) is 71.9 Å². The minimum atomic E-state index is -0.507. The van der Waals surface area contributed by atoms with E-state index >= 15 is 0 Å². The Morgan fingerprint density at radius 1 is 1.32 bits per heavy atom. The molecule has 0 spiro atoms. The molecule has 1 fully saturated rings. The number of likely N-dealkylation sites (tertiary alicyclic amines) is 1. The van der Waals surface area contributed by atoms with Crippen LogP contribution >= 0.6 is 0 Å². The number of carbonyl (C=O) groups is 1. The van der Waals surface area contributed by atoms with E-state index in [4.69, 9.17) is 4.74 Å². The van der Waals surface area contributed by atoms with Gasteiger partial charge in [-0.25, -0.2) is 9.78 Å². The van der Waals surface area contributed by atoms with E-state index in [1.54, 1.807) is 4.90 Å². The topological polar surface area (TPSA) is 45.7 Å². The quantitative estimate of drug-likeness (QED) is 0.769. The number of amides is 1. The Labute approximate surface area is 152 Å². The fraction of sp³-hybridized carbons (Fsp3) is 0.700. The van der Waals surface area contributed by atoms with Gasteiger partial charge in [0.2, 0.25) is 0 Å². The SMILES string of the molecule is CCCN(C(=O)OC(C)(C)C)c1ccc(C2CCCCN2CC)cn1. The van der Waals surface area contributed by atoms with Gasteiger partial charge in [-0.15, -0.1) is 0 Å². The third-order valence-corrected chi connectivity index (χ3v) is 4.51. The molecule has 1 saturated heterocycles. The molecular formula is C20H33N3O2. The monoisotopic (exact) mass is 347 g/mol. The smallest absolute Gasteiger partial charge is 0.416 e. The first-order chi connectivity index (χ1) is 11.9. The molecule has 0 saturated carbocycles. The second kappa shape index (κ2) is 8.65. The second-order valence-corrected chi connectivity index (χ2v) is 7.72. The predicted molar refractivity (Wildman–Crippen MR) is 102 cm³/mol. The van der Waals surface area contributed by atoms with Crippen molar-refractivity contribution < 1.29 is 9.53 Å². The molecule has 1 aromatic rings. The molecule has 1 atom stereocenters. The van der Waals surface area contributed by atoms with Crippen molar-refractivity contribution in [3.63, 3.8) is 0 Å². The Hall–Kier alpha value is -1.62. The van der Waals surface area contributed by atoms with Crippen molar-refractivity contribution in [2.75, 3.05) is 24.5 Å². The van der Waals surface area contributed by atoms with Crippen LogP contribution in [-0.4, -0.2) is 41.2 Å². The van der Waals surface area contributed by atoms with Gasteiger partial charge < -0.3 is 4.74 Å². The van der Waals surface area contributed by atoms with Gasteiger partial charge in [0.05, 0.1) is 0 Å². The summed E-state index contributed by atoms with van der Waals surface area (Å²) >= 11 is 0. The van der Waals surface area contributed by atoms with Crippen LogP contribution in [0.2, 0.25) is 0 Å². The van der Waals surface area contributed by atoms with E-state index < -0.39 is 5.60 Å². The van der Waals surface area contributed by atoms with E-state index in [0.29, 0.717) is 18.4 Å². The van der Waals surface area contributed by atoms with Gasteiger partial charge in [-0.05, 0) is 64.8 Å². The number of pyridine rings is 1. The van der Waals surface area contributed by atoms with Crippen LogP contribution in [0.15, 0.2) is 18.3 Å². The molecule has 2 heterocycles. The number of hydrogen-bond acceptors (Lipinski definition) is 4. The maximum atomic E-state index is 12.5. The van der Waals surface area contributed by atoms with E-state index in [2.05, 4.69) is 22.9 Å². The Morgan fingerprint density at radius 3 is 2.64 bits per heavy atom. The summed E-state index contributed by atoms with van der Waals surface area (Å²) in [5, 5.41) is 0. The summed E-state index contributed by atoms with van der Waals surface area (Å²) in [5.41, 5.74) is 0.734. The van der Waals surface area contributed by atoms with E-state index in [1.807, 2.05) is 40.0 Å². The molecule has 2 rings (SSSR count). The number of piperidine rings is 1. The third-order valence-electron chi connectivity index (χ3n) is 4.51. The van der Waals surface area contributed by atoms with Crippen LogP contribution in [0.3, 0.4) is 0 Å². The van der Waals surface area contributed by atoms with Gasteiger partial charge in [-0.3, -0.25) is 9.80 Å². The molecule has 0 bridgehead atoms. The molecule has 1 aliphatic rings. The lowest BCUT2D eigenvalue weighted by atomic mass is 9.96. The minimum absolute atomic E-state index is 0.331. The fourth-order valence-corrected chi connectivity index (χ4v) is 3.34. The molecule has 1 amide bonds. The summed E-state index contributed by atoms with van der Waals surface area (Å²) < 4.78 is 5.53. The molecular weight excluding hydrogens is 314 g/mol. The minimum Gasteiger partial charge on any atom is -0.443 e. The highest BCUT2D eigenvalue weighted by Gasteiger charge is 2.25. The Kier molecular flexibility index (Phi) is 6.82. The van der Waals surface area contributed by atoms with Crippen molar-refractivity contribution in [3.05, 3.63) is 23.9 Å². The Morgan fingerprint density at radius 2 is 2.08 bits per heavy atom. The maximum Gasteiger partial charge on any atom is 0.416 e. The Balaban J connectivity index is 2.16. The molecule has 140 valence electrons. The Bertz CT molecular complexity index is 551. The number of carbonyl (C=O) groups excluding carboxylic acids is 1.